The summed E-state index contributed by atoms with van der Waals surface area (Å²) >= 11 is 7.36. The van der Waals surface area contributed by atoms with Crippen molar-refractivity contribution in [1.29, 1.82) is 0 Å². The molecule has 0 saturated carbocycles. The number of Topliss-reactive ketones (excluding diaryl/α,β-unsaturated/α-hetero) is 1. The molecule has 0 radical (unpaired) electrons. The zero-order valence-corrected chi connectivity index (χ0v) is 20.2. The standard InChI is InChI=1S/C25H28ClN3O2S/c1-16-12-17(14-27-23(16)29-10-8-19(9-11-29)25(2,3)31)13-21(30)24-28-15-22(32-24)18-4-6-20(26)7-5-18/h4-7,12,14-15,19,31H,8-11,13H2,1-3H3. The number of aromatic nitrogens is 2. The zero-order chi connectivity index (χ0) is 22.9. The number of carbonyl (C=O) groups is 1. The Morgan fingerprint density at radius 2 is 1.88 bits per heavy atom. The number of aliphatic hydroxyl groups is 1. The molecule has 0 aliphatic carbocycles. The predicted molar refractivity (Wildman–Crippen MR) is 131 cm³/mol. The largest absolute Gasteiger partial charge is 0.390 e. The fourth-order valence-corrected chi connectivity index (χ4v) is 5.25. The summed E-state index contributed by atoms with van der Waals surface area (Å²) in [4.78, 5) is 25.1. The van der Waals surface area contributed by atoms with E-state index in [-0.39, 0.29) is 12.2 Å². The first-order chi connectivity index (χ1) is 15.2. The molecule has 5 nitrogen and oxygen atoms in total. The number of hydrogen-bond acceptors (Lipinski definition) is 6. The molecule has 168 valence electrons. The predicted octanol–water partition coefficient (Wildman–Crippen LogP) is 5.58. The highest BCUT2D eigenvalue weighted by Gasteiger charge is 2.31. The molecule has 0 spiro atoms. The Labute approximate surface area is 198 Å². The molecule has 1 fully saturated rings. The maximum absolute atomic E-state index is 12.8. The Hall–Kier alpha value is -2.28. The number of pyridine rings is 1. The molecule has 3 heterocycles. The van der Waals surface area contributed by atoms with Crippen molar-refractivity contribution in [3.05, 3.63) is 63.9 Å². The number of thiazole rings is 1. The third-order valence-corrected chi connectivity index (χ3v) is 7.48. The Morgan fingerprint density at radius 1 is 1.19 bits per heavy atom. The monoisotopic (exact) mass is 469 g/mol. The minimum atomic E-state index is -0.637. The fourth-order valence-electron chi connectivity index (χ4n) is 4.26. The van der Waals surface area contributed by atoms with Gasteiger partial charge >= 0.3 is 0 Å². The van der Waals surface area contributed by atoms with E-state index in [1.807, 2.05) is 45.0 Å². The van der Waals surface area contributed by atoms with Gasteiger partial charge in [-0.1, -0.05) is 29.8 Å². The van der Waals surface area contributed by atoms with Crippen LogP contribution in [-0.2, 0) is 6.42 Å². The number of piperidine rings is 1. The van der Waals surface area contributed by atoms with E-state index in [0.29, 0.717) is 15.9 Å². The molecule has 7 heteroatoms. The average Bonchev–Trinajstić information content (AvgIpc) is 3.24. The molecular formula is C25H28ClN3O2S. The topological polar surface area (TPSA) is 66.3 Å². The van der Waals surface area contributed by atoms with Crippen molar-refractivity contribution >= 4 is 34.5 Å². The summed E-state index contributed by atoms with van der Waals surface area (Å²) < 4.78 is 0. The molecule has 0 amide bonds. The smallest absolute Gasteiger partial charge is 0.195 e. The van der Waals surface area contributed by atoms with E-state index in [0.717, 1.165) is 53.3 Å². The highest BCUT2D eigenvalue weighted by molar-refractivity contribution is 7.17. The van der Waals surface area contributed by atoms with Crippen molar-refractivity contribution in [2.45, 2.75) is 45.6 Å². The average molecular weight is 470 g/mol. The highest BCUT2D eigenvalue weighted by Crippen LogP contribution is 2.31. The first-order valence-corrected chi connectivity index (χ1v) is 12.1. The van der Waals surface area contributed by atoms with Crippen LogP contribution in [0, 0.1) is 12.8 Å². The molecule has 1 saturated heterocycles. The third kappa shape index (κ3) is 5.20. The van der Waals surface area contributed by atoms with Crippen molar-refractivity contribution in [2.75, 3.05) is 18.0 Å². The van der Waals surface area contributed by atoms with Gasteiger partial charge in [0, 0.05) is 36.9 Å². The Balaban J connectivity index is 1.41. The summed E-state index contributed by atoms with van der Waals surface area (Å²) in [7, 11) is 0. The number of halogens is 1. The SMILES string of the molecule is Cc1cc(CC(=O)c2ncc(-c3ccc(Cl)cc3)s2)cnc1N1CCC(C(C)(C)O)CC1. The van der Waals surface area contributed by atoms with Gasteiger partial charge in [-0.05, 0) is 68.4 Å². The van der Waals surface area contributed by atoms with Gasteiger partial charge in [0.1, 0.15) is 5.82 Å². The van der Waals surface area contributed by atoms with Crippen LogP contribution in [0.3, 0.4) is 0 Å². The van der Waals surface area contributed by atoms with Crippen molar-refractivity contribution < 1.29 is 9.90 Å². The third-order valence-electron chi connectivity index (χ3n) is 6.14. The molecule has 3 aromatic rings. The number of benzene rings is 1. The van der Waals surface area contributed by atoms with Crippen LogP contribution in [-0.4, -0.2) is 39.5 Å². The van der Waals surface area contributed by atoms with Crippen molar-refractivity contribution in [3.63, 3.8) is 0 Å². The van der Waals surface area contributed by atoms with Gasteiger partial charge in [-0.25, -0.2) is 9.97 Å². The molecular weight excluding hydrogens is 442 g/mol. The van der Waals surface area contributed by atoms with Crippen molar-refractivity contribution in [3.8, 4) is 10.4 Å². The minimum Gasteiger partial charge on any atom is -0.390 e. The number of hydrogen-bond donors (Lipinski definition) is 1. The van der Waals surface area contributed by atoms with Crippen molar-refractivity contribution in [2.24, 2.45) is 5.92 Å². The van der Waals surface area contributed by atoms with E-state index in [1.165, 1.54) is 11.3 Å². The van der Waals surface area contributed by atoms with E-state index in [1.54, 1.807) is 12.4 Å². The lowest BCUT2D eigenvalue weighted by Gasteiger charge is -2.38. The van der Waals surface area contributed by atoms with Gasteiger partial charge in [0.25, 0.3) is 0 Å². The summed E-state index contributed by atoms with van der Waals surface area (Å²) in [6.07, 6.45) is 5.72. The molecule has 1 aromatic carbocycles. The van der Waals surface area contributed by atoms with E-state index >= 15 is 0 Å². The van der Waals surface area contributed by atoms with Crippen LogP contribution in [0.15, 0.2) is 42.7 Å². The maximum atomic E-state index is 12.8. The molecule has 1 aliphatic rings. The first kappa shape index (κ1) is 22.9. The number of nitrogens with zero attached hydrogens (tertiary/aromatic N) is 3. The van der Waals surface area contributed by atoms with E-state index in [9.17, 15) is 9.90 Å². The minimum absolute atomic E-state index is 0.00449. The van der Waals surface area contributed by atoms with Crippen LogP contribution < -0.4 is 4.90 Å². The second-order valence-electron chi connectivity index (χ2n) is 9.04. The second kappa shape index (κ2) is 9.30. The van der Waals surface area contributed by atoms with E-state index < -0.39 is 5.60 Å². The summed E-state index contributed by atoms with van der Waals surface area (Å²) in [5, 5.41) is 11.5. The number of ketones is 1. The van der Waals surface area contributed by atoms with Crippen molar-refractivity contribution in [1.82, 2.24) is 9.97 Å². The normalized spacial score (nSPS) is 15.2. The number of anilines is 1. The van der Waals surface area contributed by atoms with Gasteiger partial charge in [0.05, 0.1) is 10.5 Å². The lowest BCUT2D eigenvalue weighted by atomic mass is 9.83. The molecule has 0 bridgehead atoms. The van der Waals surface area contributed by atoms with Gasteiger partial charge in [0.2, 0.25) is 0 Å². The van der Waals surface area contributed by atoms with Crippen LogP contribution in [0.25, 0.3) is 10.4 Å². The molecule has 1 N–H and O–H groups in total. The lowest BCUT2D eigenvalue weighted by Crippen LogP contribution is -2.42. The van der Waals surface area contributed by atoms with Crippen LogP contribution in [0.4, 0.5) is 5.82 Å². The quantitative estimate of drug-likeness (QED) is 0.477. The van der Waals surface area contributed by atoms with Gasteiger partial charge in [-0.2, -0.15) is 0 Å². The van der Waals surface area contributed by atoms with Gasteiger partial charge in [-0.3, -0.25) is 4.79 Å². The fraction of sp³-hybridized carbons (Fsp3) is 0.400. The van der Waals surface area contributed by atoms with Gasteiger partial charge in [0.15, 0.2) is 10.8 Å². The zero-order valence-electron chi connectivity index (χ0n) is 18.6. The summed E-state index contributed by atoms with van der Waals surface area (Å²) in [6.45, 7) is 7.59. The van der Waals surface area contributed by atoms with Crippen LogP contribution in [0.5, 0.6) is 0 Å². The van der Waals surface area contributed by atoms with E-state index in [4.69, 9.17) is 11.6 Å². The summed E-state index contributed by atoms with van der Waals surface area (Å²) in [5.41, 5.74) is 2.33. The molecule has 0 unspecified atom stereocenters. The van der Waals surface area contributed by atoms with Gasteiger partial charge in [-0.15, -0.1) is 11.3 Å². The lowest BCUT2D eigenvalue weighted by molar-refractivity contribution is 0.00645. The molecule has 0 atom stereocenters. The number of carbonyl (C=O) groups excluding carboxylic acids is 1. The molecule has 4 rings (SSSR count). The van der Waals surface area contributed by atoms with Crippen LogP contribution in [0.1, 0.15) is 47.6 Å². The van der Waals surface area contributed by atoms with E-state index in [2.05, 4.69) is 20.9 Å². The summed E-state index contributed by atoms with van der Waals surface area (Å²) in [6, 6.07) is 9.58. The number of rotatable bonds is 6. The van der Waals surface area contributed by atoms with Crippen LogP contribution >= 0.6 is 22.9 Å². The first-order valence-electron chi connectivity index (χ1n) is 10.9. The maximum Gasteiger partial charge on any atom is 0.195 e. The summed E-state index contributed by atoms with van der Waals surface area (Å²) in [5.74, 6) is 1.27. The molecule has 32 heavy (non-hydrogen) atoms. The Bertz CT molecular complexity index is 1100. The molecule has 2 aromatic heterocycles. The number of aryl methyl sites for hydroxylation is 1. The Morgan fingerprint density at radius 3 is 2.50 bits per heavy atom. The Kier molecular flexibility index (Phi) is 6.65. The van der Waals surface area contributed by atoms with Crippen LogP contribution in [0.2, 0.25) is 5.02 Å². The van der Waals surface area contributed by atoms with Gasteiger partial charge < -0.3 is 10.0 Å². The highest BCUT2D eigenvalue weighted by atomic mass is 35.5. The molecule has 1 aliphatic heterocycles. The second-order valence-corrected chi connectivity index (χ2v) is 10.5.